The molecule has 2 unspecified atom stereocenters. The van der Waals surface area contributed by atoms with E-state index in [1.165, 1.54) is 24.0 Å². The molecule has 3 rings (SSSR count). The van der Waals surface area contributed by atoms with Crippen molar-refractivity contribution in [1.29, 1.82) is 0 Å². The molecule has 0 bridgehead atoms. The lowest BCUT2D eigenvalue weighted by Gasteiger charge is -2.04. The van der Waals surface area contributed by atoms with Crippen LogP contribution in [0.2, 0.25) is 0 Å². The van der Waals surface area contributed by atoms with Gasteiger partial charge in [0.2, 0.25) is 0 Å². The third-order valence-electron chi connectivity index (χ3n) is 4.65. The van der Waals surface area contributed by atoms with Crippen LogP contribution < -0.4 is 5.73 Å². The Morgan fingerprint density at radius 3 is 2.12 bits per heavy atom. The predicted molar refractivity (Wildman–Crippen MR) is 67.5 cm³/mol. The van der Waals surface area contributed by atoms with Gasteiger partial charge in [-0.1, -0.05) is 38.1 Å². The quantitative estimate of drug-likeness (QED) is 0.823. The predicted octanol–water partition coefficient (Wildman–Crippen LogP) is 3.26. The summed E-state index contributed by atoms with van der Waals surface area (Å²) < 4.78 is 0. The van der Waals surface area contributed by atoms with E-state index in [0.29, 0.717) is 17.3 Å². The highest BCUT2D eigenvalue weighted by Crippen LogP contribution is 2.63. The van der Waals surface area contributed by atoms with Gasteiger partial charge in [0.15, 0.2) is 0 Å². The van der Waals surface area contributed by atoms with Gasteiger partial charge in [0.25, 0.3) is 0 Å². The monoisotopic (exact) mass is 215 g/mol. The van der Waals surface area contributed by atoms with Gasteiger partial charge in [-0.05, 0) is 53.7 Å². The summed E-state index contributed by atoms with van der Waals surface area (Å²) in [6.07, 6.45) is 2.78. The van der Waals surface area contributed by atoms with Crippen molar-refractivity contribution in [2.75, 3.05) is 6.54 Å². The second-order valence-corrected chi connectivity index (χ2v) is 6.08. The third-order valence-corrected chi connectivity index (χ3v) is 4.65. The Morgan fingerprint density at radius 1 is 1.12 bits per heavy atom. The van der Waals surface area contributed by atoms with E-state index in [2.05, 4.69) is 38.1 Å². The Bertz CT molecular complexity index is 386. The van der Waals surface area contributed by atoms with Gasteiger partial charge >= 0.3 is 0 Å². The zero-order valence-electron chi connectivity index (χ0n) is 10.2. The smallest absolute Gasteiger partial charge is 0.00375 e. The number of rotatable bonds is 3. The fourth-order valence-corrected chi connectivity index (χ4v) is 3.24. The first-order valence-electron chi connectivity index (χ1n) is 6.44. The summed E-state index contributed by atoms with van der Waals surface area (Å²) in [5.74, 6) is 2.23. The van der Waals surface area contributed by atoms with Crippen molar-refractivity contribution in [2.45, 2.75) is 38.5 Å². The number of hydrogen-bond donors (Lipinski definition) is 1. The largest absolute Gasteiger partial charge is 0.330 e. The van der Waals surface area contributed by atoms with Crippen molar-refractivity contribution >= 4 is 0 Å². The van der Waals surface area contributed by atoms with Gasteiger partial charge in [-0.15, -0.1) is 0 Å². The molecular weight excluding hydrogens is 194 g/mol. The Balaban J connectivity index is 1.80. The van der Waals surface area contributed by atoms with Gasteiger partial charge in [-0.3, -0.25) is 0 Å². The Morgan fingerprint density at radius 2 is 1.69 bits per heavy atom. The van der Waals surface area contributed by atoms with Crippen LogP contribution in [0.1, 0.15) is 49.7 Å². The molecule has 2 aliphatic rings. The molecule has 0 spiro atoms. The second kappa shape index (κ2) is 3.33. The minimum absolute atomic E-state index is 0.413. The maximum atomic E-state index is 5.83. The molecule has 1 nitrogen and oxygen atoms in total. The lowest BCUT2D eigenvalue weighted by atomic mass is 10.0. The first kappa shape index (κ1) is 10.3. The Hall–Kier alpha value is -0.820. The molecule has 0 aliphatic heterocycles. The van der Waals surface area contributed by atoms with Crippen LogP contribution in [0.25, 0.3) is 0 Å². The van der Waals surface area contributed by atoms with Crippen molar-refractivity contribution < 1.29 is 0 Å². The number of benzene rings is 1. The highest BCUT2D eigenvalue weighted by Gasteiger charge is 2.57. The molecule has 2 saturated carbocycles. The highest BCUT2D eigenvalue weighted by molar-refractivity contribution is 5.36. The van der Waals surface area contributed by atoms with Gasteiger partial charge in [0, 0.05) is 0 Å². The Kier molecular flexibility index (Phi) is 2.16. The van der Waals surface area contributed by atoms with Gasteiger partial charge in [0.05, 0.1) is 0 Å². The van der Waals surface area contributed by atoms with E-state index in [4.69, 9.17) is 5.73 Å². The van der Waals surface area contributed by atoms with Crippen LogP contribution in [0.15, 0.2) is 24.3 Å². The van der Waals surface area contributed by atoms with Crippen LogP contribution in [0.3, 0.4) is 0 Å². The normalized spacial score (nSPS) is 31.4. The summed E-state index contributed by atoms with van der Waals surface area (Å²) in [4.78, 5) is 0. The van der Waals surface area contributed by atoms with Crippen LogP contribution in [-0.4, -0.2) is 6.54 Å². The maximum absolute atomic E-state index is 5.83. The molecule has 2 atom stereocenters. The molecule has 0 amide bonds. The van der Waals surface area contributed by atoms with E-state index < -0.39 is 0 Å². The van der Waals surface area contributed by atoms with Crippen molar-refractivity contribution in [3.8, 4) is 0 Å². The average molecular weight is 215 g/mol. The molecule has 0 aromatic heterocycles. The van der Waals surface area contributed by atoms with Crippen LogP contribution in [0.5, 0.6) is 0 Å². The summed E-state index contributed by atoms with van der Waals surface area (Å²) in [6.45, 7) is 5.50. The minimum atomic E-state index is 0.413. The highest BCUT2D eigenvalue weighted by atomic mass is 14.7. The summed E-state index contributed by atoms with van der Waals surface area (Å²) in [7, 11) is 0. The molecule has 2 fully saturated rings. The molecule has 0 heterocycles. The van der Waals surface area contributed by atoms with Crippen molar-refractivity contribution in [3.63, 3.8) is 0 Å². The third kappa shape index (κ3) is 1.49. The second-order valence-electron chi connectivity index (χ2n) is 6.08. The van der Waals surface area contributed by atoms with E-state index in [1.54, 1.807) is 0 Å². The van der Waals surface area contributed by atoms with Gasteiger partial charge < -0.3 is 5.73 Å². The first-order chi connectivity index (χ1) is 7.64. The topological polar surface area (TPSA) is 26.0 Å². The van der Waals surface area contributed by atoms with Gasteiger partial charge in [-0.2, -0.15) is 0 Å². The van der Waals surface area contributed by atoms with E-state index >= 15 is 0 Å². The minimum Gasteiger partial charge on any atom is -0.330 e. The van der Waals surface area contributed by atoms with E-state index in [1.807, 2.05) is 0 Å². The zero-order chi connectivity index (χ0) is 11.3. The molecule has 16 heavy (non-hydrogen) atoms. The number of nitrogens with two attached hydrogens (primary N) is 1. The molecule has 1 aromatic carbocycles. The fourth-order valence-electron chi connectivity index (χ4n) is 3.24. The van der Waals surface area contributed by atoms with Gasteiger partial charge in [-0.25, -0.2) is 0 Å². The van der Waals surface area contributed by atoms with E-state index in [0.717, 1.165) is 12.5 Å². The summed E-state index contributed by atoms with van der Waals surface area (Å²) >= 11 is 0. The summed E-state index contributed by atoms with van der Waals surface area (Å²) in [5, 5.41) is 0. The fraction of sp³-hybridized carbons (Fsp3) is 0.600. The Labute approximate surface area is 98.0 Å². The van der Waals surface area contributed by atoms with Crippen molar-refractivity contribution in [3.05, 3.63) is 35.4 Å². The van der Waals surface area contributed by atoms with Crippen LogP contribution in [0, 0.1) is 11.3 Å². The molecule has 86 valence electrons. The molecular formula is C15H21N. The number of hydrogen-bond acceptors (Lipinski definition) is 1. The van der Waals surface area contributed by atoms with Crippen molar-refractivity contribution in [2.24, 2.45) is 17.1 Å². The molecule has 2 aliphatic carbocycles. The molecule has 1 heteroatoms. The van der Waals surface area contributed by atoms with Crippen LogP contribution >= 0.6 is 0 Å². The van der Waals surface area contributed by atoms with E-state index in [9.17, 15) is 0 Å². The van der Waals surface area contributed by atoms with Crippen LogP contribution in [0.4, 0.5) is 0 Å². The van der Waals surface area contributed by atoms with Gasteiger partial charge in [0.1, 0.15) is 0 Å². The maximum Gasteiger partial charge on any atom is -0.00375 e. The standard InChI is InChI=1S/C15H21N/c1-15(2)13(9-16)14(15)12-7-5-11(6-8-12)10-3-4-10/h5-8,10,13-14H,3-4,9,16H2,1-2H3. The first-order valence-corrected chi connectivity index (χ1v) is 6.44. The molecule has 0 radical (unpaired) electrons. The lowest BCUT2D eigenvalue weighted by Crippen LogP contribution is -2.05. The SMILES string of the molecule is CC1(C)C(CN)C1c1ccc(C2CC2)cc1. The zero-order valence-corrected chi connectivity index (χ0v) is 10.2. The molecule has 1 aromatic rings. The molecule has 2 N–H and O–H groups in total. The van der Waals surface area contributed by atoms with Crippen LogP contribution in [-0.2, 0) is 0 Å². The molecule has 0 saturated heterocycles. The lowest BCUT2D eigenvalue weighted by molar-refractivity contribution is 0.558. The average Bonchev–Trinajstić information content (AvgIpc) is 3.14. The summed E-state index contributed by atoms with van der Waals surface area (Å²) in [5.41, 5.74) is 9.26. The van der Waals surface area contributed by atoms with Crippen molar-refractivity contribution in [1.82, 2.24) is 0 Å². The summed E-state index contributed by atoms with van der Waals surface area (Å²) in [6, 6.07) is 9.31. The van der Waals surface area contributed by atoms with E-state index in [-0.39, 0.29) is 0 Å².